The van der Waals surface area contributed by atoms with E-state index in [1.165, 1.54) is 0 Å². The normalized spacial score (nSPS) is 15.1. The number of hydrogen-bond donors (Lipinski definition) is 1. The number of fused-ring (bicyclic) bond motifs is 1. The lowest BCUT2D eigenvalue weighted by Crippen LogP contribution is -2.09. The zero-order valence-corrected chi connectivity index (χ0v) is 9.11. The Morgan fingerprint density at radius 1 is 1.43 bits per heavy atom. The molecule has 14 heavy (non-hydrogen) atoms. The second-order valence-corrected chi connectivity index (χ2v) is 4.15. The number of aromatic nitrogens is 1. The van der Waals surface area contributed by atoms with Crippen LogP contribution in [-0.4, -0.2) is 11.5 Å². The lowest BCUT2D eigenvalue weighted by atomic mass is 10.2. The Morgan fingerprint density at radius 2 is 2.14 bits per heavy atom. The van der Waals surface area contributed by atoms with E-state index in [-0.39, 0.29) is 0 Å². The average molecular weight is 314 g/mol. The first-order valence-corrected chi connectivity index (χ1v) is 5.07. The standard InChI is InChI=1S/C8H6F3IN2/c9-8(10,11)6-3-5(12)4-1-2-13-7(4)14-6/h3H,1-2H2,(H,13,14). The molecule has 0 bridgehead atoms. The molecule has 1 aliphatic rings. The summed E-state index contributed by atoms with van der Waals surface area (Å²) in [6, 6.07) is 1.09. The van der Waals surface area contributed by atoms with Crippen molar-refractivity contribution in [1.82, 2.24) is 4.98 Å². The van der Waals surface area contributed by atoms with Gasteiger partial charge in [-0.05, 0) is 35.1 Å². The highest BCUT2D eigenvalue weighted by molar-refractivity contribution is 14.1. The molecule has 0 amide bonds. The molecule has 0 saturated heterocycles. The third-order valence-electron chi connectivity index (χ3n) is 2.03. The Morgan fingerprint density at radius 3 is 2.79 bits per heavy atom. The maximum absolute atomic E-state index is 12.3. The van der Waals surface area contributed by atoms with Crippen molar-refractivity contribution in [3.05, 3.63) is 20.9 Å². The average Bonchev–Trinajstić information content (AvgIpc) is 2.50. The molecule has 0 aromatic carbocycles. The Hall–Kier alpha value is -0.530. The lowest BCUT2D eigenvalue weighted by molar-refractivity contribution is -0.141. The summed E-state index contributed by atoms with van der Waals surface area (Å²) in [5.74, 6) is 0.379. The second kappa shape index (κ2) is 3.25. The van der Waals surface area contributed by atoms with Gasteiger partial charge < -0.3 is 5.32 Å². The van der Waals surface area contributed by atoms with Gasteiger partial charge in [0.25, 0.3) is 0 Å². The molecule has 0 fully saturated rings. The minimum atomic E-state index is -4.36. The van der Waals surface area contributed by atoms with Crippen LogP contribution < -0.4 is 5.32 Å². The topological polar surface area (TPSA) is 24.9 Å². The fraction of sp³-hybridized carbons (Fsp3) is 0.375. The molecule has 2 rings (SSSR count). The Balaban J connectivity index is 2.52. The largest absolute Gasteiger partial charge is 0.433 e. The summed E-state index contributed by atoms with van der Waals surface area (Å²) in [4.78, 5) is 3.54. The van der Waals surface area contributed by atoms with Gasteiger partial charge in [-0.1, -0.05) is 0 Å². The summed E-state index contributed by atoms with van der Waals surface area (Å²) in [7, 11) is 0. The molecule has 1 aromatic rings. The minimum absolute atomic E-state index is 0.379. The van der Waals surface area contributed by atoms with E-state index in [1.807, 2.05) is 22.6 Å². The quantitative estimate of drug-likeness (QED) is 0.745. The third-order valence-corrected chi connectivity index (χ3v) is 2.99. The lowest BCUT2D eigenvalue weighted by Gasteiger charge is -2.09. The minimum Gasteiger partial charge on any atom is -0.369 e. The number of halogens is 4. The van der Waals surface area contributed by atoms with Gasteiger partial charge in [0.1, 0.15) is 11.5 Å². The van der Waals surface area contributed by atoms with E-state index in [2.05, 4.69) is 10.3 Å². The van der Waals surface area contributed by atoms with Crippen LogP contribution >= 0.6 is 22.6 Å². The van der Waals surface area contributed by atoms with Crippen molar-refractivity contribution in [3.63, 3.8) is 0 Å². The number of rotatable bonds is 0. The van der Waals surface area contributed by atoms with E-state index in [1.54, 1.807) is 0 Å². The van der Waals surface area contributed by atoms with Gasteiger partial charge >= 0.3 is 6.18 Å². The number of hydrogen-bond acceptors (Lipinski definition) is 2. The van der Waals surface area contributed by atoms with Gasteiger partial charge in [0.2, 0.25) is 0 Å². The van der Waals surface area contributed by atoms with E-state index in [0.29, 0.717) is 15.9 Å². The zero-order chi connectivity index (χ0) is 10.3. The molecular weight excluding hydrogens is 308 g/mol. The van der Waals surface area contributed by atoms with Crippen molar-refractivity contribution in [2.45, 2.75) is 12.6 Å². The molecular formula is C8H6F3IN2. The van der Waals surface area contributed by atoms with Gasteiger partial charge in [-0.25, -0.2) is 4.98 Å². The zero-order valence-electron chi connectivity index (χ0n) is 6.95. The van der Waals surface area contributed by atoms with Gasteiger partial charge in [0.05, 0.1) is 0 Å². The predicted octanol–water partition coefficient (Wildman–Crippen LogP) is 2.67. The van der Waals surface area contributed by atoms with Crippen LogP contribution in [0.25, 0.3) is 0 Å². The van der Waals surface area contributed by atoms with Crippen LogP contribution in [0.1, 0.15) is 11.3 Å². The summed E-state index contributed by atoms with van der Waals surface area (Å²) in [6.07, 6.45) is -3.61. The molecule has 0 radical (unpaired) electrons. The second-order valence-electron chi connectivity index (χ2n) is 2.99. The maximum Gasteiger partial charge on any atom is 0.433 e. The van der Waals surface area contributed by atoms with Crippen molar-refractivity contribution in [3.8, 4) is 0 Å². The summed E-state index contributed by atoms with van der Waals surface area (Å²) in [5, 5.41) is 2.84. The first kappa shape index (κ1) is 10.0. The van der Waals surface area contributed by atoms with Crippen LogP contribution in [0, 0.1) is 3.57 Å². The Bertz CT molecular complexity index is 376. The van der Waals surface area contributed by atoms with Crippen molar-refractivity contribution >= 4 is 28.4 Å². The van der Waals surface area contributed by atoms with Gasteiger partial charge in [0, 0.05) is 15.7 Å². The van der Waals surface area contributed by atoms with Crippen LogP contribution in [-0.2, 0) is 12.6 Å². The third kappa shape index (κ3) is 1.67. The van der Waals surface area contributed by atoms with Crippen molar-refractivity contribution in [1.29, 1.82) is 0 Å². The predicted molar refractivity (Wildman–Crippen MR) is 54.1 cm³/mol. The van der Waals surface area contributed by atoms with E-state index < -0.39 is 11.9 Å². The fourth-order valence-corrected chi connectivity index (χ4v) is 2.20. The van der Waals surface area contributed by atoms with E-state index in [0.717, 1.165) is 18.1 Å². The molecule has 0 spiro atoms. The molecule has 0 unspecified atom stereocenters. The highest BCUT2D eigenvalue weighted by Gasteiger charge is 2.34. The fourth-order valence-electron chi connectivity index (χ4n) is 1.38. The number of pyridine rings is 1. The van der Waals surface area contributed by atoms with E-state index in [4.69, 9.17) is 0 Å². The SMILES string of the molecule is FC(F)(F)c1cc(I)c2c(n1)NCC2. The summed E-state index contributed by atoms with van der Waals surface area (Å²) < 4.78 is 37.7. The van der Waals surface area contributed by atoms with Crippen LogP contribution in [0.4, 0.5) is 19.0 Å². The van der Waals surface area contributed by atoms with Crippen LogP contribution in [0.5, 0.6) is 0 Å². The van der Waals surface area contributed by atoms with Crippen molar-refractivity contribution < 1.29 is 13.2 Å². The molecule has 76 valence electrons. The molecule has 2 nitrogen and oxygen atoms in total. The molecule has 0 aliphatic carbocycles. The molecule has 1 aliphatic heterocycles. The Kier molecular flexibility index (Phi) is 2.32. The van der Waals surface area contributed by atoms with Gasteiger partial charge in [-0.3, -0.25) is 0 Å². The van der Waals surface area contributed by atoms with E-state index in [9.17, 15) is 13.2 Å². The smallest absolute Gasteiger partial charge is 0.369 e. The van der Waals surface area contributed by atoms with Gasteiger partial charge in [-0.15, -0.1) is 0 Å². The summed E-state index contributed by atoms with van der Waals surface area (Å²) in [6.45, 7) is 0.666. The molecule has 0 saturated carbocycles. The van der Waals surface area contributed by atoms with Crippen LogP contribution in [0.3, 0.4) is 0 Å². The first-order chi connectivity index (χ1) is 6.48. The highest BCUT2D eigenvalue weighted by atomic mass is 127. The molecule has 1 aromatic heterocycles. The van der Waals surface area contributed by atoms with Gasteiger partial charge in [0.15, 0.2) is 0 Å². The van der Waals surface area contributed by atoms with Crippen molar-refractivity contribution in [2.24, 2.45) is 0 Å². The maximum atomic E-state index is 12.3. The number of nitrogens with one attached hydrogen (secondary N) is 1. The number of nitrogens with zero attached hydrogens (tertiary/aromatic N) is 1. The number of anilines is 1. The van der Waals surface area contributed by atoms with Gasteiger partial charge in [-0.2, -0.15) is 13.2 Å². The van der Waals surface area contributed by atoms with Crippen molar-refractivity contribution in [2.75, 3.05) is 11.9 Å². The van der Waals surface area contributed by atoms with Crippen LogP contribution in [0.2, 0.25) is 0 Å². The van der Waals surface area contributed by atoms with E-state index >= 15 is 0 Å². The molecule has 1 N–H and O–H groups in total. The molecule has 0 atom stereocenters. The number of alkyl halides is 3. The first-order valence-electron chi connectivity index (χ1n) is 3.99. The summed E-state index contributed by atoms with van der Waals surface area (Å²) >= 11 is 1.91. The molecule has 6 heteroatoms. The van der Waals surface area contributed by atoms with Crippen LogP contribution in [0.15, 0.2) is 6.07 Å². The summed E-state index contributed by atoms with van der Waals surface area (Å²) in [5.41, 5.74) is 0.0636. The Labute approximate surface area is 92.0 Å². The monoisotopic (exact) mass is 314 g/mol. The highest BCUT2D eigenvalue weighted by Crippen LogP contribution is 2.33. The molecule has 2 heterocycles.